The summed E-state index contributed by atoms with van der Waals surface area (Å²) in [6.45, 7) is 6.70. The van der Waals surface area contributed by atoms with Crippen molar-refractivity contribution in [3.63, 3.8) is 0 Å². The van der Waals surface area contributed by atoms with Crippen molar-refractivity contribution in [1.29, 1.82) is 0 Å². The number of methoxy groups -OCH3 is 2. The lowest BCUT2D eigenvalue weighted by atomic mass is 9.79. The van der Waals surface area contributed by atoms with Gasteiger partial charge in [-0.15, -0.1) is 9.42 Å². The van der Waals surface area contributed by atoms with E-state index in [2.05, 4.69) is 45.8 Å². The maximum atomic E-state index is 12.4. The molecule has 1 aliphatic rings. The number of aliphatic imine (C=N–C) groups is 1. The van der Waals surface area contributed by atoms with Crippen molar-refractivity contribution in [2.45, 2.75) is 89.1 Å². The van der Waals surface area contributed by atoms with Crippen LogP contribution in [-0.4, -0.2) is 74.7 Å². The maximum Gasteiger partial charge on any atom is 0.695 e. The Morgan fingerprint density at radius 2 is 1.53 bits per heavy atom. The molecule has 1 fully saturated rings. The number of hydrogen-bond acceptors (Lipinski definition) is 9. The van der Waals surface area contributed by atoms with Crippen LogP contribution in [0.3, 0.4) is 0 Å². The monoisotopic (exact) mass is 767 g/mol. The third-order valence-electron chi connectivity index (χ3n) is 10.4. The van der Waals surface area contributed by atoms with Crippen LogP contribution in [0.15, 0.2) is 96.5 Å². The Bertz CT molecular complexity index is 1950. The zero-order chi connectivity index (χ0) is 38.7. The molecule has 0 amide bonds. The van der Waals surface area contributed by atoms with E-state index in [1.807, 2.05) is 77.6 Å². The fraction of sp³-hybridized carbons (Fsp3) is 0.429. The first-order chi connectivity index (χ1) is 26.8. The first kappa shape index (κ1) is 39.9. The highest BCUT2D eigenvalue weighted by molar-refractivity contribution is 7.32. The Balaban J connectivity index is 1.28. The highest BCUT2D eigenvalue weighted by Gasteiger charge is 2.50. The van der Waals surface area contributed by atoms with Gasteiger partial charge in [-0.3, -0.25) is 0 Å². The van der Waals surface area contributed by atoms with Crippen molar-refractivity contribution < 1.29 is 28.2 Å². The number of aromatic nitrogens is 4. The van der Waals surface area contributed by atoms with Crippen molar-refractivity contribution in [3.8, 4) is 11.5 Å². The normalized spacial score (nSPS) is 17.5. The molecular weight excluding hydrogens is 715 g/mol. The molecule has 13 heteroatoms. The maximum absolute atomic E-state index is 12.4. The minimum atomic E-state index is -2.89. The van der Waals surface area contributed by atoms with Crippen molar-refractivity contribution >= 4 is 31.6 Å². The summed E-state index contributed by atoms with van der Waals surface area (Å²) in [6.07, 6.45) is 11.2. The minimum Gasteiger partial charge on any atom is -0.497 e. The fourth-order valence-corrected chi connectivity index (χ4v) is 8.07. The largest absolute Gasteiger partial charge is 0.695 e. The SMILES string of the molecule is CCCCN(/C=N/c1ncnc2c1ncn2CC[C@@]1(O[P+](=O)O)CC[C@@H](OC(c2ccccc2)(c2ccc(OC)cc2)c2ccc(OC)cc2)C1)CCCC. The molecular formula is C42H52N6O6P+. The van der Waals surface area contributed by atoms with Crippen molar-refractivity contribution in [1.82, 2.24) is 24.4 Å². The molecule has 12 nitrogen and oxygen atoms in total. The molecule has 6 rings (SSSR count). The summed E-state index contributed by atoms with van der Waals surface area (Å²) in [4.78, 5) is 30.8. The molecule has 1 aliphatic carbocycles. The van der Waals surface area contributed by atoms with Gasteiger partial charge >= 0.3 is 8.25 Å². The summed E-state index contributed by atoms with van der Waals surface area (Å²) in [5.41, 5.74) is 2.06. The second-order valence-corrected chi connectivity index (χ2v) is 14.7. The van der Waals surface area contributed by atoms with E-state index in [1.54, 1.807) is 20.5 Å². The minimum absolute atomic E-state index is 0.328. The van der Waals surface area contributed by atoms with E-state index in [9.17, 15) is 9.46 Å². The molecule has 0 aliphatic heterocycles. The third-order valence-corrected chi connectivity index (χ3v) is 11.0. The number of fused-ring (bicyclic) bond motifs is 1. The van der Waals surface area contributed by atoms with Gasteiger partial charge in [0.1, 0.15) is 29.0 Å². The van der Waals surface area contributed by atoms with Gasteiger partial charge in [-0.25, -0.2) is 19.9 Å². The molecule has 1 N–H and O–H groups in total. The van der Waals surface area contributed by atoms with Gasteiger partial charge in [0.2, 0.25) is 0 Å². The van der Waals surface area contributed by atoms with Crippen LogP contribution in [0.2, 0.25) is 0 Å². The second kappa shape index (κ2) is 18.7. The number of rotatable bonds is 20. The van der Waals surface area contributed by atoms with Gasteiger partial charge in [-0.1, -0.05) is 81.3 Å². The lowest BCUT2D eigenvalue weighted by Gasteiger charge is -2.38. The number of unbranched alkanes of at least 4 members (excludes halogenated alkanes) is 2. The zero-order valence-electron chi connectivity index (χ0n) is 32.2. The number of aryl methyl sites for hydroxylation is 1. The topological polar surface area (TPSA) is 133 Å². The summed E-state index contributed by atoms with van der Waals surface area (Å²) in [5, 5.41) is 0. The number of imidazole rings is 1. The third kappa shape index (κ3) is 9.39. The van der Waals surface area contributed by atoms with Gasteiger partial charge in [0, 0.05) is 30.6 Å². The Labute approximate surface area is 324 Å². The van der Waals surface area contributed by atoms with Gasteiger partial charge in [-0.2, -0.15) is 0 Å². The fourth-order valence-electron chi connectivity index (χ4n) is 7.48. The summed E-state index contributed by atoms with van der Waals surface area (Å²) < 4.78 is 38.7. The van der Waals surface area contributed by atoms with E-state index < -0.39 is 19.5 Å². The highest BCUT2D eigenvalue weighted by atomic mass is 31.1. The van der Waals surface area contributed by atoms with Crippen LogP contribution in [0, 0.1) is 0 Å². The zero-order valence-corrected chi connectivity index (χ0v) is 33.1. The summed E-state index contributed by atoms with van der Waals surface area (Å²) in [7, 11) is 0.400. The van der Waals surface area contributed by atoms with Crippen molar-refractivity contribution in [2.75, 3.05) is 27.3 Å². The first-order valence-corrected chi connectivity index (χ1v) is 20.3. The Hall–Kier alpha value is -4.74. The number of nitrogens with zero attached hydrogens (tertiary/aromatic N) is 6. The summed E-state index contributed by atoms with van der Waals surface area (Å²) in [6, 6.07) is 26.0. The molecule has 0 saturated heterocycles. The summed E-state index contributed by atoms with van der Waals surface area (Å²) >= 11 is 0. The van der Waals surface area contributed by atoms with Gasteiger partial charge in [0.15, 0.2) is 17.0 Å². The van der Waals surface area contributed by atoms with E-state index >= 15 is 0 Å². The molecule has 290 valence electrons. The average molecular weight is 768 g/mol. The molecule has 2 heterocycles. The quantitative estimate of drug-likeness (QED) is 0.0355. The Morgan fingerprint density at radius 1 is 0.909 bits per heavy atom. The lowest BCUT2D eigenvalue weighted by molar-refractivity contribution is -0.0563. The average Bonchev–Trinajstić information content (AvgIpc) is 3.83. The van der Waals surface area contributed by atoms with Crippen LogP contribution in [0.4, 0.5) is 5.82 Å². The molecule has 3 atom stereocenters. The van der Waals surface area contributed by atoms with E-state index in [-0.39, 0.29) is 6.10 Å². The van der Waals surface area contributed by atoms with Crippen LogP contribution < -0.4 is 9.47 Å². The number of hydrogen-bond donors (Lipinski definition) is 1. The van der Waals surface area contributed by atoms with E-state index in [1.165, 1.54) is 6.33 Å². The molecule has 2 aromatic heterocycles. The molecule has 3 aromatic carbocycles. The smallest absolute Gasteiger partial charge is 0.497 e. The standard InChI is InChI=1S/C42H51N6O6P/c1-5-7-25-47(26-8-6-2)30-46-39-38-40(44-29-43-39)48(31-45-38)27-24-41(54-55(49)50)23-22-37(28-41)53-42(32-12-10-9-11-13-32,33-14-18-35(51-3)19-15-33)34-16-20-36(52-4)21-17-34/h9-21,29-31,37H,5-8,22-28H2,1-4H3/p+1/b46-30+/t37-,41+/m1/s1. The van der Waals surface area contributed by atoms with Crippen LogP contribution in [0.5, 0.6) is 11.5 Å². The molecule has 0 spiro atoms. The van der Waals surface area contributed by atoms with Crippen molar-refractivity contribution in [3.05, 3.63) is 108 Å². The molecule has 1 unspecified atom stereocenters. The molecule has 55 heavy (non-hydrogen) atoms. The number of benzene rings is 3. The van der Waals surface area contributed by atoms with Gasteiger partial charge in [0.05, 0.1) is 33.0 Å². The molecule has 1 saturated carbocycles. The van der Waals surface area contributed by atoms with Gasteiger partial charge in [0.25, 0.3) is 0 Å². The van der Waals surface area contributed by atoms with Gasteiger partial charge in [-0.05, 0) is 73.1 Å². The Morgan fingerprint density at radius 3 is 2.11 bits per heavy atom. The molecule has 5 aromatic rings. The molecule has 0 bridgehead atoms. The van der Waals surface area contributed by atoms with Crippen LogP contribution >= 0.6 is 8.25 Å². The van der Waals surface area contributed by atoms with Crippen LogP contribution in [-0.2, 0) is 26.0 Å². The van der Waals surface area contributed by atoms with E-state index in [0.717, 1.165) is 67.0 Å². The van der Waals surface area contributed by atoms with E-state index in [0.29, 0.717) is 49.2 Å². The summed E-state index contributed by atoms with van der Waals surface area (Å²) in [5.74, 6) is 1.98. The van der Waals surface area contributed by atoms with Crippen LogP contribution in [0.1, 0.15) is 81.9 Å². The Kier molecular flexibility index (Phi) is 13.6. The molecule has 0 radical (unpaired) electrons. The predicted molar refractivity (Wildman–Crippen MR) is 214 cm³/mol. The highest BCUT2D eigenvalue weighted by Crippen LogP contribution is 2.49. The predicted octanol–water partition coefficient (Wildman–Crippen LogP) is 8.76. The second-order valence-electron chi connectivity index (χ2n) is 14.0. The van der Waals surface area contributed by atoms with Crippen LogP contribution in [0.25, 0.3) is 11.2 Å². The number of ether oxygens (including phenoxy) is 3. The first-order valence-electron chi connectivity index (χ1n) is 19.1. The van der Waals surface area contributed by atoms with Gasteiger partial charge < -0.3 is 23.7 Å². The van der Waals surface area contributed by atoms with E-state index in [4.69, 9.17) is 23.7 Å². The lowest BCUT2D eigenvalue weighted by Crippen LogP contribution is -2.37. The van der Waals surface area contributed by atoms with Crippen molar-refractivity contribution in [2.24, 2.45) is 4.99 Å².